The topological polar surface area (TPSA) is 118 Å². The second-order valence-corrected chi connectivity index (χ2v) is 7.77. The first-order chi connectivity index (χ1) is 15.9. The Hall–Kier alpha value is -3.95. The van der Waals surface area contributed by atoms with Gasteiger partial charge in [-0.2, -0.15) is 4.98 Å². The summed E-state index contributed by atoms with van der Waals surface area (Å²) in [5.41, 5.74) is 1.89. The number of hydrogen-bond acceptors (Lipinski definition) is 6. The van der Waals surface area contributed by atoms with Crippen LogP contribution < -0.4 is 15.4 Å². The van der Waals surface area contributed by atoms with Crippen LogP contribution in [0.1, 0.15) is 48.9 Å². The first-order valence-corrected chi connectivity index (χ1v) is 10.6. The SMILES string of the molecule is COc1ccc([C@H]2C[C@@H](c3ccc(F)cc3)n3nc(NC(=O)CCCC(=O)O)nc3N2)cc1. The van der Waals surface area contributed by atoms with Crippen LogP contribution in [0.4, 0.5) is 16.3 Å². The number of anilines is 2. The maximum Gasteiger partial charge on any atom is 0.303 e. The molecule has 1 aromatic heterocycles. The zero-order valence-electron chi connectivity index (χ0n) is 18.0. The lowest BCUT2D eigenvalue weighted by molar-refractivity contribution is -0.137. The predicted molar refractivity (Wildman–Crippen MR) is 119 cm³/mol. The number of ether oxygens (including phenoxy) is 1. The molecule has 2 aromatic carbocycles. The Kier molecular flexibility index (Phi) is 6.53. The summed E-state index contributed by atoms with van der Waals surface area (Å²) in [5.74, 6) is -0.288. The first-order valence-electron chi connectivity index (χ1n) is 10.6. The van der Waals surface area contributed by atoms with Crippen molar-refractivity contribution >= 4 is 23.8 Å². The quantitative estimate of drug-likeness (QED) is 0.475. The van der Waals surface area contributed by atoms with Crippen LogP contribution in [0, 0.1) is 5.82 Å². The number of methoxy groups -OCH3 is 1. The Bertz CT molecular complexity index is 1130. The number of carbonyl (C=O) groups is 2. The molecule has 0 saturated heterocycles. The predicted octanol–water partition coefficient (Wildman–Crippen LogP) is 3.77. The summed E-state index contributed by atoms with van der Waals surface area (Å²) < 4.78 is 20.4. The molecule has 33 heavy (non-hydrogen) atoms. The van der Waals surface area contributed by atoms with Gasteiger partial charge in [-0.05, 0) is 48.2 Å². The molecule has 3 N–H and O–H groups in total. The third kappa shape index (κ3) is 5.28. The van der Waals surface area contributed by atoms with E-state index in [2.05, 4.69) is 20.7 Å². The van der Waals surface area contributed by atoms with Gasteiger partial charge in [0.25, 0.3) is 5.95 Å². The fourth-order valence-corrected chi connectivity index (χ4v) is 3.84. The van der Waals surface area contributed by atoms with Crippen molar-refractivity contribution in [2.24, 2.45) is 0 Å². The van der Waals surface area contributed by atoms with E-state index < -0.39 is 5.97 Å². The summed E-state index contributed by atoms with van der Waals surface area (Å²) in [6.45, 7) is 0. The van der Waals surface area contributed by atoms with E-state index in [0.717, 1.165) is 16.9 Å². The smallest absolute Gasteiger partial charge is 0.303 e. The highest BCUT2D eigenvalue weighted by Gasteiger charge is 2.31. The molecule has 0 fully saturated rings. The van der Waals surface area contributed by atoms with Gasteiger partial charge in [0, 0.05) is 12.8 Å². The highest BCUT2D eigenvalue weighted by atomic mass is 19.1. The number of fused-ring (bicyclic) bond motifs is 1. The molecule has 0 saturated carbocycles. The summed E-state index contributed by atoms with van der Waals surface area (Å²) >= 11 is 0. The lowest BCUT2D eigenvalue weighted by atomic mass is 9.93. The Balaban J connectivity index is 1.59. The Labute approximate surface area is 189 Å². The van der Waals surface area contributed by atoms with Crippen LogP contribution in [0.25, 0.3) is 0 Å². The standard InChI is InChI=1S/C23H24FN5O4/c1-33-17-11-7-14(8-12-17)18-13-19(15-5-9-16(24)10-6-15)29-23(25-18)27-22(28-29)26-20(30)3-2-4-21(31)32/h5-12,18-19H,2-4,13H2,1H3,(H,31,32)(H2,25,26,27,28,30)/t18-,19+/m1/s1. The van der Waals surface area contributed by atoms with Crippen LogP contribution in [0.5, 0.6) is 5.75 Å². The van der Waals surface area contributed by atoms with Gasteiger partial charge in [0.15, 0.2) is 0 Å². The second kappa shape index (κ2) is 9.68. The maximum atomic E-state index is 13.5. The van der Waals surface area contributed by atoms with Gasteiger partial charge < -0.3 is 15.2 Å². The number of hydrogen-bond donors (Lipinski definition) is 3. The number of carboxylic acids is 1. The number of amides is 1. The van der Waals surface area contributed by atoms with Crippen LogP contribution >= 0.6 is 0 Å². The normalized spacial score (nSPS) is 17.0. The van der Waals surface area contributed by atoms with Crippen molar-refractivity contribution in [1.29, 1.82) is 0 Å². The minimum absolute atomic E-state index is 0.0550. The molecule has 2 heterocycles. The largest absolute Gasteiger partial charge is 0.497 e. The van der Waals surface area contributed by atoms with Crippen molar-refractivity contribution < 1.29 is 23.8 Å². The average molecular weight is 453 g/mol. The summed E-state index contributed by atoms with van der Waals surface area (Å²) in [5, 5.41) is 19.2. The fourth-order valence-electron chi connectivity index (χ4n) is 3.84. The van der Waals surface area contributed by atoms with Crippen LogP contribution in [-0.2, 0) is 9.59 Å². The Morgan fingerprint density at radius 2 is 1.85 bits per heavy atom. The van der Waals surface area contributed by atoms with Crippen molar-refractivity contribution in [2.45, 2.75) is 37.8 Å². The minimum Gasteiger partial charge on any atom is -0.497 e. The van der Waals surface area contributed by atoms with Crippen LogP contribution in [0.15, 0.2) is 48.5 Å². The Morgan fingerprint density at radius 1 is 1.15 bits per heavy atom. The monoisotopic (exact) mass is 453 g/mol. The molecule has 0 aliphatic carbocycles. The summed E-state index contributed by atoms with van der Waals surface area (Å²) in [6, 6.07) is 13.6. The van der Waals surface area contributed by atoms with Crippen molar-refractivity contribution in [3.05, 3.63) is 65.5 Å². The molecule has 9 nitrogen and oxygen atoms in total. The molecule has 3 aromatic rings. The lowest BCUT2D eigenvalue weighted by Crippen LogP contribution is -2.28. The highest BCUT2D eigenvalue weighted by molar-refractivity contribution is 5.89. The van der Waals surface area contributed by atoms with Crippen molar-refractivity contribution in [1.82, 2.24) is 14.8 Å². The van der Waals surface area contributed by atoms with Gasteiger partial charge >= 0.3 is 5.97 Å². The van der Waals surface area contributed by atoms with E-state index >= 15 is 0 Å². The molecular weight excluding hydrogens is 429 g/mol. The van der Waals surface area contributed by atoms with Crippen LogP contribution in [-0.4, -0.2) is 38.9 Å². The zero-order chi connectivity index (χ0) is 23.4. The Morgan fingerprint density at radius 3 is 2.52 bits per heavy atom. The third-order valence-corrected chi connectivity index (χ3v) is 5.51. The number of rotatable bonds is 8. The van der Waals surface area contributed by atoms with Gasteiger partial charge in [-0.25, -0.2) is 9.07 Å². The maximum absolute atomic E-state index is 13.5. The first kappa shape index (κ1) is 22.3. The summed E-state index contributed by atoms with van der Waals surface area (Å²) in [6.07, 6.45) is 0.822. The molecule has 0 unspecified atom stereocenters. The van der Waals surface area contributed by atoms with Crippen LogP contribution in [0.3, 0.4) is 0 Å². The van der Waals surface area contributed by atoms with E-state index in [1.165, 1.54) is 12.1 Å². The van der Waals surface area contributed by atoms with E-state index in [0.29, 0.717) is 12.4 Å². The van der Waals surface area contributed by atoms with Crippen molar-refractivity contribution in [2.75, 3.05) is 17.7 Å². The summed E-state index contributed by atoms with van der Waals surface area (Å²) in [7, 11) is 1.61. The molecule has 1 aliphatic rings. The number of aromatic nitrogens is 3. The molecular formula is C23H24FN5O4. The highest BCUT2D eigenvalue weighted by Crippen LogP contribution is 2.38. The number of halogens is 1. The minimum atomic E-state index is -0.950. The van der Waals surface area contributed by atoms with E-state index in [-0.39, 0.29) is 49.0 Å². The molecule has 2 atom stereocenters. The molecule has 4 rings (SSSR count). The second-order valence-electron chi connectivity index (χ2n) is 7.77. The van der Waals surface area contributed by atoms with E-state index in [4.69, 9.17) is 9.84 Å². The molecule has 1 aliphatic heterocycles. The van der Waals surface area contributed by atoms with E-state index in [9.17, 15) is 14.0 Å². The number of nitrogens with zero attached hydrogens (tertiary/aromatic N) is 3. The van der Waals surface area contributed by atoms with Gasteiger partial charge in [-0.3, -0.25) is 14.9 Å². The van der Waals surface area contributed by atoms with Crippen LogP contribution in [0.2, 0.25) is 0 Å². The van der Waals surface area contributed by atoms with Gasteiger partial charge in [-0.15, -0.1) is 5.10 Å². The number of aliphatic carboxylic acids is 1. The molecule has 1 amide bonds. The number of nitrogens with one attached hydrogen (secondary N) is 2. The third-order valence-electron chi connectivity index (χ3n) is 5.51. The van der Waals surface area contributed by atoms with E-state index in [1.54, 1.807) is 23.9 Å². The van der Waals surface area contributed by atoms with Gasteiger partial charge in [0.2, 0.25) is 11.9 Å². The van der Waals surface area contributed by atoms with Gasteiger partial charge in [-0.1, -0.05) is 24.3 Å². The molecule has 0 bridgehead atoms. The lowest BCUT2D eigenvalue weighted by Gasteiger charge is -2.31. The zero-order valence-corrected chi connectivity index (χ0v) is 18.0. The molecule has 0 radical (unpaired) electrons. The molecule has 172 valence electrons. The van der Waals surface area contributed by atoms with Crippen molar-refractivity contribution in [3.8, 4) is 5.75 Å². The number of carbonyl (C=O) groups excluding carboxylic acids is 1. The molecule has 0 spiro atoms. The van der Waals surface area contributed by atoms with Gasteiger partial charge in [0.05, 0.1) is 19.2 Å². The average Bonchev–Trinajstić information content (AvgIpc) is 3.21. The fraction of sp³-hybridized carbons (Fsp3) is 0.304. The number of carboxylic acid groups (broad SMARTS) is 1. The van der Waals surface area contributed by atoms with E-state index in [1.807, 2.05) is 24.3 Å². The van der Waals surface area contributed by atoms with Gasteiger partial charge in [0.1, 0.15) is 11.6 Å². The molecule has 10 heteroatoms. The van der Waals surface area contributed by atoms with Crippen molar-refractivity contribution in [3.63, 3.8) is 0 Å². The number of benzene rings is 2. The summed E-state index contributed by atoms with van der Waals surface area (Å²) in [4.78, 5) is 27.3.